The molecule has 9 heteroatoms. The van der Waals surface area contributed by atoms with Crippen molar-refractivity contribution in [1.29, 1.82) is 0 Å². The lowest BCUT2D eigenvalue weighted by Gasteiger charge is -2.13. The van der Waals surface area contributed by atoms with E-state index in [2.05, 4.69) is 22.8 Å². The largest absolute Gasteiger partial charge is 0.417 e. The van der Waals surface area contributed by atoms with Crippen LogP contribution in [0.1, 0.15) is 41.4 Å². The molecule has 30 heavy (non-hydrogen) atoms. The Bertz CT molecular complexity index is 1020. The molecule has 5 nitrogen and oxygen atoms in total. The van der Waals surface area contributed by atoms with Gasteiger partial charge in [-0.25, -0.2) is 4.98 Å². The van der Waals surface area contributed by atoms with Gasteiger partial charge in [0.05, 0.1) is 16.3 Å². The number of aromatic nitrogens is 2. The number of halogens is 4. The van der Waals surface area contributed by atoms with Crippen LogP contribution in [-0.4, -0.2) is 15.5 Å². The van der Waals surface area contributed by atoms with Crippen LogP contribution in [0, 0.1) is 0 Å². The smallest absolute Gasteiger partial charge is 0.298 e. The number of pyridine rings is 1. The summed E-state index contributed by atoms with van der Waals surface area (Å²) in [6.45, 7) is 2.13. The van der Waals surface area contributed by atoms with Gasteiger partial charge in [0.25, 0.3) is 5.91 Å². The van der Waals surface area contributed by atoms with E-state index in [4.69, 9.17) is 11.6 Å². The molecule has 0 spiro atoms. The van der Waals surface area contributed by atoms with Crippen molar-refractivity contribution >= 4 is 23.2 Å². The lowest BCUT2D eigenvalue weighted by atomic mass is 10.1. The summed E-state index contributed by atoms with van der Waals surface area (Å²) in [4.78, 5) is 16.4. The number of amides is 1. The second-order valence-corrected chi connectivity index (χ2v) is 7.08. The summed E-state index contributed by atoms with van der Waals surface area (Å²) in [6, 6.07) is 11.6. The minimum atomic E-state index is -4.55. The molecule has 0 saturated carbocycles. The van der Waals surface area contributed by atoms with Crippen molar-refractivity contribution in [2.75, 3.05) is 5.43 Å². The van der Waals surface area contributed by atoms with Gasteiger partial charge in [0.15, 0.2) is 5.82 Å². The number of nitrogens with zero attached hydrogens (tertiary/aromatic N) is 2. The van der Waals surface area contributed by atoms with E-state index in [-0.39, 0.29) is 16.5 Å². The van der Waals surface area contributed by atoms with E-state index in [1.807, 2.05) is 24.3 Å². The standard InChI is InChI=1S/C21H20ClF3N4O/c1-2-3-5-14-7-9-16(10-8-14)27-28-20(30)18-6-4-11-29(18)19-17(22)12-15(13-26-19)21(23,24)25/h4,6-13,27H,2-3,5H2,1H3,(H,28,30). The van der Waals surface area contributed by atoms with Crippen LogP contribution < -0.4 is 10.9 Å². The summed E-state index contributed by atoms with van der Waals surface area (Å²) >= 11 is 6.00. The first-order valence-electron chi connectivity index (χ1n) is 9.35. The SMILES string of the molecule is CCCCc1ccc(NNC(=O)c2cccn2-c2ncc(C(F)(F)F)cc2Cl)cc1. The lowest BCUT2D eigenvalue weighted by molar-refractivity contribution is -0.137. The number of carbonyl (C=O) groups is 1. The molecule has 1 aromatic carbocycles. The van der Waals surface area contributed by atoms with E-state index in [1.54, 1.807) is 6.07 Å². The molecule has 0 aliphatic heterocycles. The van der Waals surface area contributed by atoms with Gasteiger partial charge < -0.3 is 0 Å². The maximum absolute atomic E-state index is 12.8. The third-order valence-electron chi connectivity index (χ3n) is 4.45. The Morgan fingerprint density at radius 3 is 2.57 bits per heavy atom. The van der Waals surface area contributed by atoms with E-state index in [0.717, 1.165) is 25.3 Å². The first-order chi connectivity index (χ1) is 14.3. The van der Waals surface area contributed by atoms with Crippen LogP contribution in [0.5, 0.6) is 0 Å². The third-order valence-corrected chi connectivity index (χ3v) is 4.73. The van der Waals surface area contributed by atoms with Gasteiger partial charge >= 0.3 is 6.18 Å². The minimum Gasteiger partial charge on any atom is -0.298 e. The summed E-state index contributed by atoms with van der Waals surface area (Å²) in [5.41, 5.74) is 6.51. The molecule has 3 aromatic rings. The van der Waals surface area contributed by atoms with Gasteiger partial charge in [-0.15, -0.1) is 0 Å². The fraction of sp³-hybridized carbons (Fsp3) is 0.238. The Morgan fingerprint density at radius 1 is 1.20 bits per heavy atom. The van der Waals surface area contributed by atoms with Gasteiger partial charge in [-0.3, -0.25) is 20.2 Å². The quantitative estimate of drug-likeness (QED) is 0.471. The number of nitrogens with one attached hydrogen (secondary N) is 2. The number of alkyl halides is 3. The van der Waals surface area contributed by atoms with Gasteiger partial charge in [0.2, 0.25) is 0 Å². The van der Waals surface area contributed by atoms with Crippen molar-refractivity contribution in [2.45, 2.75) is 32.4 Å². The predicted octanol–water partition coefficient (Wildman–Crippen LogP) is 5.64. The van der Waals surface area contributed by atoms with Crippen LogP contribution in [0.3, 0.4) is 0 Å². The highest BCUT2D eigenvalue weighted by molar-refractivity contribution is 6.32. The van der Waals surface area contributed by atoms with Crippen molar-refractivity contribution in [3.63, 3.8) is 0 Å². The van der Waals surface area contributed by atoms with Crippen LogP contribution in [-0.2, 0) is 12.6 Å². The van der Waals surface area contributed by atoms with E-state index in [9.17, 15) is 18.0 Å². The third kappa shape index (κ3) is 5.13. The monoisotopic (exact) mass is 436 g/mol. The molecule has 2 heterocycles. The molecule has 2 N–H and O–H groups in total. The van der Waals surface area contributed by atoms with Gasteiger partial charge in [-0.2, -0.15) is 13.2 Å². The number of hydrazine groups is 1. The Labute approximate surface area is 176 Å². The summed E-state index contributed by atoms with van der Waals surface area (Å²) in [7, 11) is 0. The predicted molar refractivity (Wildman–Crippen MR) is 110 cm³/mol. The number of aryl methyl sites for hydroxylation is 1. The zero-order valence-electron chi connectivity index (χ0n) is 16.1. The number of hydrogen-bond acceptors (Lipinski definition) is 3. The van der Waals surface area contributed by atoms with Gasteiger partial charge in [-0.05, 0) is 48.7 Å². The fourth-order valence-electron chi connectivity index (χ4n) is 2.84. The van der Waals surface area contributed by atoms with E-state index in [0.29, 0.717) is 11.9 Å². The molecule has 0 saturated heterocycles. The van der Waals surface area contributed by atoms with Gasteiger partial charge in [0.1, 0.15) is 5.69 Å². The molecule has 0 radical (unpaired) electrons. The second kappa shape index (κ2) is 9.21. The van der Waals surface area contributed by atoms with Crippen molar-refractivity contribution in [3.05, 3.63) is 76.7 Å². The molecular formula is C21H20ClF3N4O. The van der Waals surface area contributed by atoms with Crippen molar-refractivity contribution in [1.82, 2.24) is 15.0 Å². The first kappa shape index (κ1) is 21.7. The molecule has 0 bridgehead atoms. The second-order valence-electron chi connectivity index (χ2n) is 6.67. The zero-order valence-corrected chi connectivity index (χ0v) is 16.9. The Hall–Kier alpha value is -3.00. The molecule has 0 aliphatic rings. The molecule has 0 aliphatic carbocycles. The van der Waals surface area contributed by atoms with E-state index < -0.39 is 17.6 Å². The highest BCUT2D eigenvalue weighted by Gasteiger charge is 2.32. The zero-order chi connectivity index (χ0) is 21.7. The molecule has 158 valence electrons. The molecule has 3 rings (SSSR count). The normalized spacial score (nSPS) is 11.4. The van der Waals surface area contributed by atoms with Crippen LogP contribution in [0.2, 0.25) is 5.02 Å². The van der Waals surface area contributed by atoms with Crippen LogP contribution in [0.4, 0.5) is 18.9 Å². The average molecular weight is 437 g/mol. The molecule has 0 atom stereocenters. The number of anilines is 1. The summed E-state index contributed by atoms with van der Waals surface area (Å²) in [5, 5.41) is -0.217. The summed E-state index contributed by atoms with van der Waals surface area (Å²) in [5.74, 6) is -0.465. The Kier molecular flexibility index (Phi) is 6.66. The van der Waals surface area contributed by atoms with Crippen LogP contribution >= 0.6 is 11.6 Å². The van der Waals surface area contributed by atoms with E-state index >= 15 is 0 Å². The highest BCUT2D eigenvalue weighted by atomic mass is 35.5. The van der Waals surface area contributed by atoms with Crippen LogP contribution in [0.25, 0.3) is 5.82 Å². The molecule has 2 aromatic heterocycles. The maximum atomic E-state index is 12.8. The minimum absolute atomic E-state index is 0.0279. The molecule has 0 fully saturated rings. The lowest BCUT2D eigenvalue weighted by Crippen LogP contribution is -2.31. The first-order valence-corrected chi connectivity index (χ1v) is 9.73. The van der Waals surface area contributed by atoms with Crippen LogP contribution in [0.15, 0.2) is 54.9 Å². The average Bonchev–Trinajstić information content (AvgIpc) is 3.20. The fourth-order valence-corrected chi connectivity index (χ4v) is 3.10. The maximum Gasteiger partial charge on any atom is 0.417 e. The van der Waals surface area contributed by atoms with Gasteiger partial charge in [-0.1, -0.05) is 37.1 Å². The summed E-state index contributed by atoms with van der Waals surface area (Å²) < 4.78 is 39.8. The van der Waals surface area contributed by atoms with Gasteiger partial charge in [0, 0.05) is 12.4 Å². The number of benzene rings is 1. The molecule has 1 amide bonds. The van der Waals surface area contributed by atoms with Crippen molar-refractivity contribution in [3.8, 4) is 5.82 Å². The number of rotatable bonds is 7. The number of unbranched alkanes of at least 4 members (excludes halogenated alkanes) is 1. The number of hydrogen-bond donors (Lipinski definition) is 2. The highest BCUT2D eigenvalue weighted by Crippen LogP contribution is 2.32. The molecular weight excluding hydrogens is 417 g/mol. The summed E-state index contributed by atoms with van der Waals surface area (Å²) in [6.07, 6.45) is 0.855. The van der Waals surface area contributed by atoms with E-state index in [1.165, 1.54) is 22.4 Å². The number of carbonyl (C=O) groups excluding carboxylic acids is 1. The molecule has 0 unspecified atom stereocenters. The Morgan fingerprint density at radius 2 is 1.93 bits per heavy atom. The van der Waals surface area contributed by atoms with Crippen molar-refractivity contribution < 1.29 is 18.0 Å². The Balaban J connectivity index is 1.71. The van der Waals surface area contributed by atoms with Crippen molar-refractivity contribution in [2.24, 2.45) is 0 Å². The topological polar surface area (TPSA) is 58.9 Å².